The molecule has 2 N–H and O–H groups in total. The molecule has 2 bridgehead atoms. The van der Waals surface area contributed by atoms with Gasteiger partial charge in [-0.15, -0.1) is 0 Å². The van der Waals surface area contributed by atoms with Gasteiger partial charge in [0.05, 0.1) is 52.0 Å². The van der Waals surface area contributed by atoms with Gasteiger partial charge in [-0.1, -0.05) is 0 Å². The van der Waals surface area contributed by atoms with Crippen molar-refractivity contribution >= 4 is 23.4 Å². The van der Waals surface area contributed by atoms with Crippen molar-refractivity contribution in [3.8, 4) is 6.07 Å². The normalized spacial score (nSPS) is 32.1. The number of H-pyrrole nitrogens is 1. The fourth-order valence-electron chi connectivity index (χ4n) is 5.63. The van der Waals surface area contributed by atoms with Gasteiger partial charge in [-0.05, 0) is 38.1 Å². The molecule has 2 aromatic rings. The molecular weight excluding hydrogens is 455 g/mol. The number of alkyl halides is 3. The average molecular weight is 473 g/mol. The highest BCUT2D eigenvalue weighted by atomic mass is 19.4. The van der Waals surface area contributed by atoms with E-state index >= 15 is 0 Å². The summed E-state index contributed by atoms with van der Waals surface area (Å²) in [7, 11) is 0. The van der Waals surface area contributed by atoms with E-state index in [1.807, 2.05) is 0 Å². The van der Waals surface area contributed by atoms with Crippen molar-refractivity contribution in [2.45, 2.75) is 43.7 Å². The molecular formula is C22H18F3N5O4. The summed E-state index contributed by atoms with van der Waals surface area (Å²) in [5, 5.41) is 18.1. The van der Waals surface area contributed by atoms with Crippen LogP contribution in [0.5, 0.6) is 0 Å². The second-order valence-corrected chi connectivity index (χ2v) is 9.11. The van der Waals surface area contributed by atoms with E-state index in [0.29, 0.717) is 6.07 Å². The largest absolute Gasteiger partial charge is 0.417 e. The maximum Gasteiger partial charge on any atom is 0.417 e. The van der Waals surface area contributed by atoms with Gasteiger partial charge in [0.2, 0.25) is 11.8 Å². The van der Waals surface area contributed by atoms with Crippen molar-refractivity contribution in [2.75, 3.05) is 4.90 Å². The maximum atomic E-state index is 13.5. The van der Waals surface area contributed by atoms with E-state index in [4.69, 9.17) is 10.00 Å². The van der Waals surface area contributed by atoms with Gasteiger partial charge in [-0.3, -0.25) is 19.5 Å². The van der Waals surface area contributed by atoms with Gasteiger partial charge >= 0.3 is 6.18 Å². The summed E-state index contributed by atoms with van der Waals surface area (Å²) in [6.07, 6.45) is -3.20. The SMILES string of the molecule is C[C@]12O[C@](C)(C[C@H]1NC(=O)c1ccn[nH]1)[C@H]1C(=O)N(c3ccc(C#N)c(C(F)(F)F)c3)C(=O)[C@H]12. The molecule has 3 amide bonds. The number of ether oxygens (including phenoxy) is 1. The lowest BCUT2D eigenvalue weighted by molar-refractivity contribution is -0.138. The summed E-state index contributed by atoms with van der Waals surface area (Å²) in [6, 6.07) is 5.06. The highest BCUT2D eigenvalue weighted by Gasteiger charge is 2.76. The van der Waals surface area contributed by atoms with Gasteiger partial charge in [-0.2, -0.15) is 23.5 Å². The summed E-state index contributed by atoms with van der Waals surface area (Å²) < 4.78 is 46.6. The molecule has 0 unspecified atom stereocenters. The van der Waals surface area contributed by atoms with Crippen molar-refractivity contribution in [1.82, 2.24) is 15.5 Å². The number of amides is 3. The van der Waals surface area contributed by atoms with Crippen molar-refractivity contribution in [2.24, 2.45) is 11.8 Å². The quantitative estimate of drug-likeness (QED) is 0.658. The number of fused-ring (bicyclic) bond motifs is 5. The Hall–Kier alpha value is -3.72. The predicted octanol–water partition coefficient (Wildman–Crippen LogP) is 2.16. The zero-order valence-corrected chi connectivity index (χ0v) is 17.9. The first kappa shape index (κ1) is 22.1. The van der Waals surface area contributed by atoms with E-state index in [0.717, 1.165) is 17.0 Å². The fourth-order valence-corrected chi connectivity index (χ4v) is 5.63. The number of hydrogen-bond donors (Lipinski definition) is 2. The number of nitrogens with one attached hydrogen (secondary N) is 2. The Morgan fingerprint density at radius 3 is 2.59 bits per heavy atom. The highest BCUT2D eigenvalue weighted by Crippen LogP contribution is 2.61. The minimum atomic E-state index is -4.84. The zero-order valence-electron chi connectivity index (χ0n) is 17.9. The molecule has 1 aromatic carbocycles. The van der Waals surface area contributed by atoms with Crippen LogP contribution < -0.4 is 10.2 Å². The Morgan fingerprint density at radius 1 is 1.26 bits per heavy atom. The van der Waals surface area contributed by atoms with E-state index in [9.17, 15) is 27.6 Å². The zero-order chi connectivity index (χ0) is 24.6. The lowest BCUT2D eigenvalue weighted by Crippen LogP contribution is -2.56. The van der Waals surface area contributed by atoms with Gasteiger partial charge in [0, 0.05) is 12.6 Å². The van der Waals surface area contributed by atoms with Crippen LogP contribution in [0.1, 0.15) is 41.9 Å². The summed E-state index contributed by atoms with van der Waals surface area (Å²) >= 11 is 0. The number of halogens is 3. The van der Waals surface area contributed by atoms with Gasteiger partial charge in [0.15, 0.2) is 0 Å². The number of hydrogen-bond acceptors (Lipinski definition) is 6. The molecule has 34 heavy (non-hydrogen) atoms. The smallest absolute Gasteiger partial charge is 0.365 e. The molecule has 9 nitrogen and oxygen atoms in total. The van der Waals surface area contributed by atoms with Gasteiger partial charge in [0.1, 0.15) is 5.69 Å². The number of nitriles is 1. The number of aromatic nitrogens is 2. The summed E-state index contributed by atoms with van der Waals surface area (Å²) in [5.74, 6) is -3.77. The van der Waals surface area contributed by atoms with Crippen LogP contribution in [0.15, 0.2) is 30.5 Å². The number of nitrogens with zero attached hydrogens (tertiary/aromatic N) is 3. The lowest BCUT2D eigenvalue weighted by atomic mass is 9.66. The summed E-state index contributed by atoms with van der Waals surface area (Å²) in [4.78, 5) is 40.1. The van der Waals surface area contributed by atoms with Crippen LogP contribution in [0.3, 0.4) is 0 Å². The topological polar surface area (TPSA) is 128 Å². The molecule has 5 atom stereocenters. The Labute approximate surface area is 190 Å². The number of benzene rings is 1. The number of aromatic amines is 1. The number of rotatable bonds is 3. The molecule has 4 heterocycles. The molecule has 12 heteroatoms. The highest BCUT2D eigenvalue weighted by molar-refractivity contribution is 6.23. The van der Waals surface area contributed by atoms with Crippen LogP contribution in [-0.2, 0) is 20.5 Å². The Bertz CT molecular complexity index is 1270. The van der Waals surface area contributed by atoms with Crippen LogP contribution >= 0.6 is 0 Å². The Kier molecular flexibility index (Phi) is 4.48. The molecule has 176 valence electrons. The van der Waals surface area contributed by atoms with Crippen molar-refractivity contribution in [3.05, 3.63) is 47.3 Å². The van der Waals surface area contributed by atoms with Crippen LogP contribution in [0.25, 0.3) is 0 Å². The van der Waals surface area contributed by atoms with Crippen molar-refractivity contribution < 1.29 is 32.3 Å². The molecule has 3 aliphatic heterocycles. The third-order valence-corrected chi connectivity index (χ3v) is 7.07. The molecule has 5 rings (SSSR count). The maximum absolute atomic E-state index is 13.5. The summed E-state index contributed by atoms with van der Waals surface area (Å²) in [6.45, 7) is 3.28. The number of imide groups is 1. The standard InChI is InChI=1S/C22H18F3N5O4/c1-20-8-14(28-17(31)13-5-6-27-29-13)21(2,34-20)16-15(20)18(32)30(19(16)33)11-4-3-10(9-26)12(7-11)22(23,24)25/h3-7,14-16H,8H2,1-2H3,(H,27,29)(H,28,31)/t14-,15-,16+,20-,21+/m1/s1. The first-order valence-corrected chi connectivity index (χ1v) is 10.4. The molecule has 0 spiro atoms. The Morgan fingerprint density at radius 2 is 1.97 bits per heavy atom. The lowest BCUT2D eigenvalue weighted by Gasteiger charge is -2.35. The molecule has 3 fully saturated rings. The van der Waals surface area contributed by atoms with Crippen LogP contribution in [0, 0.1) is 23.2 Å². The first-order chi connectivity index (χ1) is 15.9. The number of anilines is 1. The van der Waals surface area contributed by atoms with Crippen LogP contribution in [0.2, 0.25) is 0 Å². The second-order valence-electron chi connectivity index (χ2n) is 9.11. The monoisotopic (exact) mass is 473 g/mol. The summed E-state index contributed by atoms with van der Waals surface area (Å²) in [5.41, 5.74) is -4.25. The first-order valence-electron chi connectivity index (χ1n) is 10.4. The molecule has 3 aliphatic rings. The third-order valence-electron chi connectivity index (χ3n) is 7.07. The molecule has 1 aromatic heterocycles. The van der Waals surface area contributed by atoms with Crippen molar-refractivity contribution in [3.63, 3.8) is 0 Å². The molecule has 0 saturated carbocycles. The van der Waals surface area contributed by atoms with Crippen LogP contribution in [0.4, 0.5) is 18.9 Å². The molecule has 0 radical (unpaired) electrons. The van der Waals surface area contributed by atoms with E-state index < -0.39 is 64.1 Å². The van der Waals surface area contributed by atoms with E-state index in [-0.39, 0.29) is 17.8 Å². The van der Waals surface area contributed by atoms with E-state index in [1.165, 1.54) is 18.3 Å². The minimum absolute atomic E-state index is 0.209. The minimum Gasteiger partial charge on any atom is -0.365 e. The number of carbonyl (C=O) groups excluding carboxylic acids is 3. The molecule has 0 aliphatic carbocycles. The van der Waals surface area contributed by atoms with E-state index in [2.05, 4.69) is 15.5 Å². The Balaban J connectivity index is 1.50. The predicted molar refractivity (Wildman–Crippen MR) is 108 cm³/mol. The average Bonchev–Trinajstić information content (AvgIpc) is 3.48. The third kappa shape index (κ3) is 2.89. The van der Waals surface area contributed by atoms with Crippen LogP contribution in [-0.4, -0.2) is 45.2 Å². The van der Waals surface area contributed by atoms with Crippen molar-refractivity contribution in [1.29, 1.82) is 5.26 Å². The molecule has 3 saturated heterocycles. The van der Waals surface area contributed by atoms with Gasteiger partial charge < -0.3 is 10.1 Å². The van der Waals surface area contributed by atoms with Gasteiger partial charge in [-0.25, -0.2) is 4.90 Å². The second kappa shape index (κ2) is 6.89. The van der Waals surface area contributed by atoms with E-state index in [1.54, 1.807) is 13.8 Å². The fraction of sp³-hybridized carbons (Fsp3) is 0.409. The van der Waals surface area contributed by atoms with Gasteiger partial charge in [0.25, 0.3) is 5.91 Å². The number of carbonyl (C=O) groups is 3.